The Bertz CT molecular complexity index is 640. The van der Waals surface area contributed by atoms with Gasteiger partial charge in [0.25, 0.3) is 0 Å². The van der Waals surface area contributed by atoms with Crippen molar-refractivity contribution in [2.45, 2.75) is 39.2 Å². The maximum Gasteiger partial charge on any atom is 0.224 e. The van der Waals surface area contributed by atoms with E-state index in [1.807, 2.05) is 38.1 Å². The first-order valence-corrected chi connectivity index (χ1v) is 9.98. The molecule has 5 nitrogen and oxygen atoms in total. The zero-order chi connectivity index (χ0) is 17.0. The highest BCUT2D eigenvalue weighted by molar-refractivity contribution is 7.88. The standard InChI is InChI=1S/C17H26N2O3S/c1-4-16(14-9-7-13(2)8-10-14)18-17(20)15-6-5-11-19(12-15)23(3,21)22/h7-10,15-16H,4-6,11-12H2,1-3H3,(H,18,20)/t15-,16+/m0/s1. The van der Waals surface area contributed by atoms with E-state index in [1.54, 1.807) is 0 Å². The molecule has 1 aromatic rings. The Morgan fingerprint density at radius 3 is 2.57 bits per heavy atom. The Balaban J connectivity index is 2.03. The molecule has 1 aliphatic heterocycles. The van der Waals surface area contributed by atoms with Gasteiger partial charge in [0, 0.05) is 13.1 Å². The number of carbonyl (C=O) groups excluding carboxylic acids is 1. The Kier molecular flexibility index (Phi) is 5.81. The van der Waals surface area contributed by atoms with Gasteiger partial charge in [-0.3, -0.25) is 4.79 Å². The first kappa shape index (κ1) is 17.9. The summed E-state index contributed by atoms with van der Waals surface area (Å²) in [7, 11) is -3.23. The Morgan fingerprint density at radius 2 is 2.00 bits per heavy atom. The van der Waals surface area contributed by atoms with Crippen LogP contribution in [0.2, 0.25) is 0 Å². The fraction of sp³-hybridized carbons (Fsp3) is 0.588. The monoisotopic (exact) mass is 338 g/mol. The van der Waals surface area contributed by atoms with Crippen molar-refractivity contribution in [2.24, 2.45) is 5.92 Å². The van der Waals surface area contributed by atoms with Crippen molar-refractivity contribution in [1.82, 2.24) is 9.62 Å². The summed E-state index contributed by atoms with van der Waals surface area (Å²) in [6.07, 6.45) is 3.47. The van der Waals surface area contributed by atoms with Gasteiger partial charge in [-0.2, -0.15) is 0 Å². The number of nitrogens with one attached hydrogen (secondary N) is 1. The number of sulfonamides is 1. The van der Waals surface area contributed by atoms with Gasteiger partial charge in [-0.1, -0.05) is 36.8 Å². The van der Waals surface area contributed by atoms with Crippen LogP contribution < -0.4 is 5.32 Å². The van der Waals surface area contributed by atoms with Gasteiger partial charge in [0.05, 0.1) is 18.2 Å². The predicted octanol–water partition coefficient (Wildman–Crippen LogP) is 2.23. The van der Waals surface area contributed by atoms with Crippen LogP contribution in [0.4, 0.5) is 0 Å². The van der Waals surface area contributed by atoms with Gasteiger partial charge in [-0.15, -0.1) is 0 Å². The fourth-order valence-corrected chi connectivity index (χ4v) is 3.88. The third-order valence-electron chi connectivity index (χ3n) is 4.43. The summed E-state index contributed by atoms with van der Waals surface area (Å²) in [6.45, 7) is 4.87. The van der Waals surface area contributed by atoms with E-state index in [0.29, 0.717) is 6.54 Å². The van der Waals surface area contributed by atoms with Crippen molar-refractivity contribution in [2.75, 3.05) is 19.3 Å². The number of amides is 1. The maximum absolute atomic E-state index is 12.5. The topological polar surface area (TPSA) is 66.5 Å². The van der Waals surface area contributed by atoms with Gasteiger partial charge in [0.1, 0.15) is 0 Å². The van der Waals surface area contributed by atoms with E-state index in [1.165, 1.54) is 16.1 Å². The van der Waals surface area contributed by atoms with Crippen molar-refractivity contribution < 1.29 is 13.2 Å². The lowest BCUT2D eigenvalue weighted by Gasteiger charge is -2.31. The summed E-state index contributed by atoms with van der Waals surface area (Å²) in [5, 5.41) is 3.08. The molecular formula is C17H26N2O3S. The van der Waals surface area contributed by atoms with E-state index < -0.39 is 10.0 Å². The molecule has 6 heteroatoms. The van der Waals surface area contributed by atoms with Crippen LogP contribution in [0.15, 0.2) is 24.3 Å². The molecule has 0 aliphatic carbocycles. The van der Waals surface area contributed by atoms with Crippen LogP contribution in [0, 0.1) is 12.8 Å². The number of rotatable bonds is 5. The summed E-state index contributed by atoms with van der Waals surface area (Å²) in [6, 6.07) is 8.12. The second-order valence-corrected chi connectivity index (χ2v) is 8.32. The number of piperidine rings is 1. The molecule has 2 rings (SSSR count). The third-order valence-corrected chi connectivity index (χ3v) is 5.70. The lowest BCUT2D eigenvalue weighted by molar-refractivity contribution is -0.126. The Morgan fingerprint density at radius 1 is 1.35 bits per heavy atom. The largest absolute Gasteiger partial charge is 0.349 e. The van der Waals surface area contributed by atoms with Crippen LogP contribution in [0.5, 0.6) is 0 Å². The van der Waals surface area contributed by atoms with Gasteiger partial charge in [-0.05, 0) is 31.7 Å². The highest BCUT2D eigenvalue weighted by Gasteiger charge is 2.31. The summed E-state index contributed by atoms with van der Waals surface area (Å²) < 4.78 is 24.8. The molecule has 23 heavy (non-hydrogen) atoms. The zero-order valence-electron chi connectivity index (χ0n) is 14.1. The van der Waals surface area contributed by atoms with Gasteiger partial charge in [0.15, 0.2) is 0 Å². The van der Waals surface area contributed by atoms with E-state index in [-0.39, 0.29) is 24.4 Å². The van der Waals surface area contributed by atoms with Crippen LogP contribution in [0.1, 0.15) is 43.4 Å². The molecule has 1 N–H and O–H groups in total. The molecule has 1 saturated heterocycles. The molecule has 1 aromatic carbocycles. The number of carbonyl (C=O) groups is 1. The summed E-state index contributed by atoms with van der Waals surface area (Å²) in [5.41, 5.74) is 2.27. The second kappa shape index (κ2) is 7.45. The molecule has 1 aliphatic rings. The molecule has 1 heterocycles. The first-order chi connectivity index (χ1) is 10.8. The molecule has 0 radical (unpaired) electrons. The average Bonchev–Trinajstić information content (AvgIpc) is 2.52. The molecule has 0 spiro atoms. The lowest BCUT2D eigenvalue weighted by Crippen LogP contribution is -2.45. The van der Waals surface area contributed by atoms with E-state index in [9.17, 15) is 13.2 Å². The fourth-order valence-electron chi connectivity index (χ4n) is 2.97. The van der Waals surface area contributed by atoms with Gasteiger partial charge in [0.2, 0.25) is 15.9 Å². The number of aryl methyl sites for hydroxylation is 1. The minimum absolute atomic E-state index is 0.0308. The molecule has 2 atom stereocenters. The highest BCUT2D eigenvalue weighted by Crippen LogP contribution is 2.22. The summed E-state index contributed by atoms with van der Waals surface area (Å²) in [4.78, 5) is 12.5. The van der Waals surface area contributed by atoms with Crippen molar-refractivity contribution in [3.05, 3.63) is 35.4 Å². The van der Waals surface area contributed by atoms with E-state index in [4.69, 9.17) is 0 Å². The van der Waals surface area contributed by atoms with Gasteiger partial charge in [-0.25, -0.2) is 12.7 Å². The van der Waals surface area contributed by atoms with Crippen LogP contribution in [0.25, 0.3) is 0 Å². The SMILES string of the molecule is CC[C@@H](NC(=O)[C@H]1CCCN(S(C)(=O)=O)C1)c1ccc(C)cc1. The van der Waals surface area contributed by atoms with Crippen LogP contribution >= 0.6 is 0 Å². The summed E-state index contributed by atoms with van der Waals surface area (Å²) >= 11 is 0. The average molecular weight is 338 g/mol. The number of hydrogen-bond acceptors (Lipinski definition) is 3. The second-order valence-electron chi connectivity index (χ2n) is 6.34. The Hall–Kier alpha value is -1.40. The highest BCUT2D eigenvalue weighted by atomic mass is 32.2. The van der Waals surface area contributed by atoms with Crippen molar-refractivity contribution in [3.63, 3.8) is 0 Å². The van der Waals surface area contributed by atoms with Crippen LogP contribution in [-0.2, 0) is 14.8 Å². The molecule has 128 valence electrons. The lowest BCUT2D eigenvalue weighted by atomic mass is 9.97. The molecule has 0 saturated carbocycles. The van der Waals surface area contributed by atoms with Crippen molar-refractivity contribution in [1.29, 1.82) is 0 Å². The zero-order valence-corrected chi connectivity index (χ0v) is 14.9. The van der Waals surface area contributed by atoms with E-state index in [0.717, 1.165) is 24.8 Å². The molecule has 0 aromatic heterocycles. The minimum Gasteiger partial charge on any atom is -0.349 e. The number of benzene rings is 1. The van der Waals surface area contributed by atoms with Crippen molar-refractivity contribution in [3.8, 4) is 0 Å². The Labute approximate surface area is 139 Å². The van der Waals surface area contributed by atoms with Gasteiger partial charge < -0.3 is 5.32 Å². The van der Waals surface area contributed by atoms with Crippen LogP contribution in [0.3, 0.4) is 0 Å². The number of nitrogens with zero attached hydrogens (tertiary/aromatic N) is 1. The third kappa shape index (κ3) is 4.78. The quantitative estimate of drug-likeness (QED) is 0.895. The number of hydrogen-bond donors (Lipinski definition) is 1. The van der Waals surface area contributed by atoms with Gasteiger partial charge >= 0.3 is 0 Å². The van der Waals surface area contributed by atoms with Crippen LogP contribution in [-0.4, -0.2) is 38.0 Å². The minimum atomic E-state index is -3.23. The first-order valence-electron chi connectivity index (χ1n) is 8.13. The van der Waals surface area contributed by atoms with Crippen molar-refractivity contribution >= 4 is 15.9 Å². The normalized spacial score (nSPS) is 20.9. The maximum atomic E-state index is 12.5. The predicted molar refractivity (Wildman–Crippen MR) is 91.5 cm³/mol. The molecular weight excluding hydrogens is 312 g/mol. The molecule has 0 bridgehead atoms. The smallest absolute Gasteiger partial charge is 0.224 e. The van der Waals surface area contributed by atoms with E-state index in [2.05, 4.69) is 5.32 Å². The molecule has 1 fully saturated rings. The molecule has 1 amide bonds. The summed E-state index contributed by atoms with van der Waals surface area (Å²) in [5.74, 6) is -0.316. The molecule has 0 unspecified atom stereocenters. The van der Waals surface area contributed by atoms with E-state index >= 15 is 0 Å².